The second-order valence-corrected chi connectivity index (χ2v) is 13.0. The first-order valence-corrected chi connectivity index (χ1v) is 18.9. The topological polar surface area (TPSA) is 8.81 Å². The Labute approximate surface area is 253 Å². The van der Waals surface area contributed by atoms with E-state index in [4.69, 9.17) is 0 Å². The minimum Gasteiger partial charge on any atom is -0.234 e. The van der Waals surface area contributed by atoms with Crippen LogP contribution >= 0.6 is 0 Å². The lowest BCUT2D eigenvalue weighted by atomic mass is 10.0. The fourth-order valence-corrected chi connectivity index (χ4v) is 6.30. The highest BCUT2D eigenvalue weighted by Gasteiger charge is 2.16. The minimum atomic E-state index is 1.20. The maximum absolute atomic E-state index is 2.61. The highest BCUT2D eigenvalue weighted by Crippen LogP contribution is 2.15. The monoisotopic (exact) mass is 560 g/mol. The van der Waals surface area contributed by atoms with E-state index in [1.54, 1.807) is 5.82 Å². The van der Waals surface area contributed by atoms with E-state index in [0.717, 1.165) is 0 Å². The zero-order chi connectivity index (χ0) is 28.8. The summed E-state index contributed by atoms with van der Waals surface area (Å²) in [6.45, 7) is 9.37. The van der Waals surface area contributed by atoms with Crippen LogP contribution in [0.5, 0.6) is 0 Å². The molecule has 0 saturated heterocycles. The molecule has 0 fully saturated rings. The summed E-state index contributed by atoms with van der Waals surface area (Å²) < 4.78 is 5.18. The largest absolute Gasteiger partial charge is 0.256 e. The molecule has 236 valence electrons. The van der Waals surface area contributed by atoms with E-state index in [-0.39, 0.29) is 0 Å². The maximum atomic E-state index is 2.61. The average Bonchev–Trinajstić information content (AvgIpc) is 3.35. The molecule has 0 aliphatic heterocycles. The third kappa shape index (κ3) is 21.9. The van der Waals surface area contributed by atoms with E-state index in [1.165, 1.54) is 206 Å². The molecule has 1 aromatic rings. The standard InChI is InChI=1S/C38H75N2/c1-4-7-10-12-14-16-18-20-21-23-25-27-29-31-33-38-39(34-9-6-3)36-37-40(38)35-32-30-28-26-24-22-19-17-15-13-11-8-5-2/h36-37H,4-35H2,1-3H3/q+1. The number of aromatic nitrogens is 2. The summed E-state index contributed by atoms with van der Waals surface area (Å²) in [5.41, 5.74) is 0. The van der Waals surface area contributed by atoms with Crippen LogP contribution in [0.15, 0.2) is 12.4 Å². The highest BCUT2D eigenvalue weighted by atomic mass is 15.1. The third-order valence-electron chi connectivity index (χ3n) is 9.10. The molecule has 0 saturated carbocycles. The normalized spacial score (nSPS) is 11.6. The lowest BCUT2D eigenvalue weighted by Gasteiger charge is -2.07. The lowest BCUT2D eigenvalue weighted by molar-refractivity contribution is -0.704. The summed E-state index contributed by atoms with van der Waals surface area (Å²) >= 11 is 0. The molecular weight excluding hydrogens is 484 g/mol. The van der Waals surface area contributed by atoms with Gasteiger partial charge < -0.3 is 0 Å². The molecule has 0 unspecified atom stereocenters. The third-order valence-corrected chi connectivity index (χ3v) is 9.10. The van der Waals surface area contributed by atoms with Gasteiger partial charge in [-0.25, -0.2) is 9.13 Å². The number of imidazole rings is 1. The summed E-state index contributed by atoms with van der Waals surface area (Å²) in [5, 5.41) is 0. The molecule has 0 aromatic carbocycles. The van der Waals surface area contributed by atoms with Crippen molar-refractivity contribution in [1.29, 1.82) is 0 Å². The van der Waals surface area contributed by atoms with Crippen LogP contribution < -0.4 is 4.57 Å². The van der Waals surface area contributed by atoms with Gasteiger partial charge in [-0.15, -0.1) is 0 Å². The Hall–Kier alpha value is -0.790. The molecule has 0 aliphatic rings. The quantitative estimate of drug-likeness (QED) is 0.0613. The number of nitrogens with zero attached hydrogens (tertiary/aromatic N) is 2. The van der Waals surface area contributed by atoms with Crippen LogP contribution in [0.2, 0.25) is 0 Å². The Balaban J connectivity index is 2.10. The highest BCUT2D eigenvalue weighted by molar-refractivity contribution is 4.84. The predicted octanol–water partition coefficient (Wildman–Crippen LogP) is 12.7. The SMILES string of the molecule is CCCCCCCCCCCCCCCCc1n(CCCC)cc[n+]1CCCCCCCCCCCCCCC. The molecule has 40 heavy (non-hydrogen) atoms. The van der Waals surface area contributed by atoms with Gasteiger partial charge in [-0.2, -0.15) is 0 Å². The fourth-order valence-electron chi connectivity index (χ4n) is 6.30. The summed E-state index contributed by atoms with van der Waals surface area (Å²) in [7, 11) is 0. The molecule has 1 heterocycles. The summed E-state index contributed by atoms with van der Waals surface area (Å²) in [6, 6.07) is 0. The van der Waals surface area contributed by atoms with E-state index >= 15 is 0 Å². The van der Waals surface area contributed by atoms with E-state index < -0.39 is 0 Å². The Kier molecular flexibility index (Phi) is 27.6. The van der Waals surface area contributed by atoms with Gasteiger partial charge in [0.15, 0.2) is 0 Å². The summed E-state index contributed by atoms with van der Waals surface area (Å²) in [4.78, 5) is 0. The molecule has 1 aromatic heterocycles. The number of hydrogen-bond acceptors (Lipinski definition) is 0. The van der Waals surface area contributed by atoms with Crippen molar-refractivity contribution in [2.45, 2.75) is 226 Å². The molecule has 0 spiro atoms. The number of aryl methyl sites for hydroxylation is 2. The molecule has 0 N–H and O–H groups in total. The van der Waals surface area contributed by atoms with Crippen molar-refractivity contribution in [2.75, 3.05) is 0 Å². The van der Waals surface area contributed by atoms with Gasteiger partial charge in [0.2, 0.25) is 0 Å². The van der Waals surface area contributed by atoms with Crippen LogP contribution in [-0.4, -0.2) is 4.57 Å². The molecule has 1 rings (SSSR count). The van der Waals surface area contributed by atoms with Crippen molar-refractivity contribution in [1.82, 2.24) is 4.57 Å². The molecule has 0 amide bonds. The first-order chi connectivity index (χ1) is 19.8. The molecular formula is C38H75N2+. The van der Waals surface area contributed by atoms with Gasteiger partial charge in [-0.05, 0) is 25.7 Å². The molecule has 0 aliphatic carbocycles. The molecule has 0 atom stereocenters. The second-order valence-electron chi connectivity index (χ2n) is 13.0. The van der Waals surface area contributed by atoms with Crippen LogP contribution in [0.4, 0.5) is 0 Å². The van der Waals surface area contributed by atoms with Gasteiger partial charge in [0.1, 0.15) is 12.4 Å². The van der Waals surface area contributed by atoms with Crippen LogP contribution in [0.1, 0.15) is 213 Å². The van der Waals surface area contributed by atoms with Gasteiger partial charge in [-0.3, -0.25) is 0 Å². The van der Waals surface area contributed by atoms with Crippen LogP contribution in [0.25, 0.3) is 0 Å². The number of hydrogen-bond donors (Lipinski definition) is 0. The summed E-state index contributed by atoms with van der Waals surface area (Å²) in [5.74, 6) is 1.60. The molecule has 2 heteroatoms. The van der Waals surface area contributed by atoms with Crippen molar-refractivity contribution >= 4 is 0 Å². The molecule has 2 nitrogen and oxygen atoms in total. The van der Waals surface area contributed by atoms with Gasteiger partial charge >= 0.3 is 0 Å². The van der Waals surface area contributed by atoms with E-state index in [9.17, 15) is 0 Å². The van der Waals surface area contributed by atoms with Crippen molar-refractivity contribution in [3.8, 4) is 0 Å². The van der Waals surface area contributed by atoms with Crippen LogP contribution in [0.3, 0.4) is 0 Å². The van der Waals surface area contributed by atoms with E-state index in [0.29, 0.717) is 0 Å². The van der Waals surface area contributed by atoms with E-state index in [2.05, 4.69) is 42.3 Å². The van der Waals surface area contributed by atoms with Crippen LogP contribution in [-0.2, 0) is 19.5 Å². The summed E-state index contributed by atoms with van der Waals surface area (Å²) in [6.07, 6.45) is 47.5. The van der Waals surface area contributed by atoms with Gasteiger partial charge in [0.05, 0.1) is 13.1 Å². The Morgan fingerprint density at radius 3 is 1.18 bits per heavy atom. The van der Waals surface area contributed by atoms with Gasteiger partial charge in [0.25, 0.3) is 5.82 Å². The van der Waals surface area contributed by atoms with Crippen molar-refractivity contribution in [3.05, 3.63) is 18.2 Å². The Morgan fingerprint density at radius 1 is 0.425 bits per heavy atom. The second kappa shape index (κ2) is 29.7. The Bertz CT molecular complexity index is 619. The van der Waals surface area contributed by atoms with Crippen molar-refractivity contribution in [3.63, 3.8) is 0 Å². The lowest BCUT2D eigenvalue weighted by Crippen LogP contribution is -2.37. The predicted molar refractivity (Wildman–Crippen MR) is 179 cm³/mol. The molecule has 0 bridgehead atoms. The smallest absolute Gasteiger partial charge is 0.234 e. The van der Waals surface area contributed by atoms with E-state index in [1.807, 2.05) is 0 Å². The Morgan fingerprint density at radius 2 is 0.775 bits per heavy atom. The zero-order valence-electron chi connectivity index (χ0n) is 28.2. The first-order valence-electron chi connectivity index (χ1n) is 18.9. The minimum absolute atomic E-state index is 1.20. The maximum Gasteiger partial charge on any atom is 0.256 e. The van der Waals surface area contributed by atoms with Gasteiger partial charge in [0, 0.05) is 6.42 Å². The van der Waals surface area contributed by atoms with Crippen molar-refractivity contribution < 1.29 is 4.57 Å². The van der Waals surface area contributed by atoms with Gasteiger partial charge in [-0.1, -0.05) is 181 Å². The van der Waals surface area contributed by atoms with Crippen LogP contribution in [0, 0.1) is 0 Å². The number of unbranched alkanes of at least 4 members (excludes halogenated alkanes) is 26. The first kappa shape index (κ1) is 37.2. The fraction of sp³-hybridized carbons (Fsp3) is 0.921. The van der Waals surface area contributed by atoms with Crippen molar-refractivity contribution in [2.24, 2.45) is 0 Å². The average molecular weight is 560 g/mol. The molecule has 0 radical (unpaired) electrons. The number of rotatable bonds is 32. The zero-order valence-corrected chi connectivity index (χ0v) is 28.2.